The Morgan fingerprint density at radius 3 is 2.62 bits per heavy atom. The minimum Gasteiger partial charge on any atom is -0.373 e. The van der Waals surface area contributed by atoms with Gasteiger partial charge < -0.3 is 9.64 Å². The average molecular weight is 333 g/mol. The van der Waals surface area contributed by atoms with E-state index in [1.165, 1.54) is 6.42 Å². The van der Waals surface area contributed by atoms with Crippen molar-refractivity contribution in [3.05, 3.63) is 35.4 Å². The summed E-state index contributed by atoms with van der Waals surface area (Å²) >= 11 is 0. The lowest BCUT2D eigenvalue weighted by atomic mass is 9.62. The molecule has 1 saturated carbocycles. The first-order valence-electron chi connectivity index (χ1n) is 9.06. The maximum absolute atomic E-state index is 12.6. The molecule has 1 aromatic carbocycles. The highest BCUT2D eigenvalue weighted by molar-refractivity contribution is 5.94. The number of Topliss-reactive ketones (excluding diaryl/α,β-unsaturated/α-hetero) is 1. The van der Waals surface area contributed by atoms with Gasteiger partial charge in [0.15, 0.2) is 5.78 Å². The number of nitrogens with zero attached hydrogens (tertiary/aromatic N) is 1. The second-order valence-electron chi connectivity index (χ2n) is 7.26. The van der Waals surface area contributed by atoms with Gasteiger partial charge in [-0.05, 0) is 37.8 Å². The van der Waals surface area contributed by atoms with Crippen LogP contribution in [-0.2, 0) is 10.3 Å². The van der Waals surface area contributed by atoms with Crippen LogP contribution in [0.15, 0.2) is 24.3 Å². The molecule has 3 nitrogen and oxygen atoms in total. The van der Waals surface area contributed by atoms with E-state index in [9.17, 15) is 9.18 Å². The minimum atomic E-state index is -0.310. The van der Waals surface area contributed by atoms with E-state index in [0.29, 0.717) is 18.3 Å². The monoisotopic (exact) mass is 333 g/mol. The Labute approximate surface area is 144 Å². The highest BCUT2D eigenvalue weighted by atomic mass is 19.1. The van der Waals surface area contributed by atoms with Gasteiger partial charge in [0.1, 0.15) is 5.60 Å². The van der Waals surface area contributed by atoms with Crippen LogP contribution >= 0.6 is 0 Å². The number of alkyl halides is 1. The van der Waals surface area contributed by atoms with Crippen molar-refractivity contribution in [2.75, 3.05) is 33.4 Å². The Bertz CT molecular complexity index is 575. The van der Waals surface area contributed by atoms with E-state index in [4.69, 9.17) is 4.74 Å². The highest BCUT2D eigenvalue weighted by Crippen LogP contribution is 2.51. The number of ether oxygens (including phenoxy) is 1. The summed E-state index contributed by atoms with van der Waals surface area (Å²) in [6, 6.07) is 7.98. The number of halogens is 1. The van der Waals surface area contributed by atoms with Crippen LogP contribution in [0.3, 0.4) is 0 Å². The molecular weight excluding hydrogens is 305 g/mol. The summed E-state index contributed by atoms with van der Waals surface area (Å²) in [5, 5.41) is 0. The number of hydrogen-bond acceptors (Lipinski definition) is 3. The number of carbonyl (C=O) groups excluding carboxylic acids is 1. The molecule has 2 unspecified atom stereocenters. The van der Waals surface area contributed by atoms with Crippen LogP contribution in [0.4, 0.5) is 4.39 Å². The first-order valence-corrected chi connectivity index (χ1v) is 9.06. The van der Waals surface area contributed by atoms with Crippen LogP contribution in [0, 0.1) is 11.8 Å². The van der Waals surface area contributed by atoms with Gasteiger partial charge in [0, 0.05) is 44.1 Å². The second-order valence-corrected chi connectivity index (χ2v) is 7.26. The lowest BCUT2D eigenvalue weighted by Crippen LogP contribution is -2.59. The molecule has 2 fully saturated rings. The number of rotatable bonds is 6. The minimum absolute atomic E-state index is 0.0913. The molecule has 1 heterocycles. The third-order valence-corrected chi connectivity index (χ3v) is 5.94. The zero-order chi connectivity index (χ0) is 17.2. The molecule has 0 N–H and O–H groups in total. The topological polar surface area (TPSA) is 29.5 Å². The number of piperidine rings is 1. The van der Waals surface area contributed by atoms with E-state index < -0.39 is 0 Å². The van der Waals surface area contributed by atoms with Gasteiger partial charge in [-0.15, -0.1) is 0 Å². The standard InChI is InChI=1S/C20H28FNO2/c1-15(23)16-6-3-7-17(12-16)20(24-2)18-8-4-9-19(20)14-22(13-18)11-5-10-21/h3,6-7,12,18-19H,4-5,8-11,13-14H2,1-2H3. The SMILES string of the molecule is COC1(c2cccc(C(C)=O)c2)C2CCCC1CN(CCCF)C2. The van der Waals surface area contributed by atoms with Crippen LogP contribution in [0.2, 0.25) is 0 Å². The van der Waals surface area contributed by atoms with E-state index in [-0.39, 0.29) is 18.1 Å². The molecule has 2 aliphatic rings. The van der Waals surface area contributed by atoms with E-state index in [2.05, 4.69) is 11.0 Å². The van der Waals surface area contributed by atoms with Crippen molar-refractivity contribution in [3.8, 4) is 0 Å². The van der Waals surface area contributed by atoms with Gasteiger partial charge in [0.2, 0.25) is 0 Å². The third kappa shape index (κ3) is 3.02. The predicted molar refractivity (Wildman–Crippen MR) is 93.0 cm³/mol. The van der Waals surface area contributed by atoms with Crippen molar-refractivity contribution < 1.29 is 13.9 Å². The molecule has 3 rings (SSSR count). The first kappa shape index (κ1) is 17.6. The summed E-state index contributed by atoms with van der Waals surface area (Å²) in [5.41, 5.74) is 1.58. The van der Waals surface area contributed by atoms with Crippen molar-refractivity contribution in [3.63, 3.8) is 0 Å². The smallest absolute Gasteiger partial charge is 0.159 e. The number of likely N-dealkylation sites (tertiary alicyclic amines) is 1. The predicted octanol–water partition coefficient (Wildman–Crippen LogP) is 3.82. The van der Waals surface area contributed by atoms with Crippen molar-refractivity contribution >= 4 is 5.78 Å². The molecule has 132 valence electrons. The van der Waals surface area contributed by atoms with Gasteiger partial charge in [0.05, 0.1) is 6.67 Å². The first-order chi connectivity index (χ1) is 11.6. The zero-order valence-electron chi connectivity index (χ0n) is 14.8. The quantitative estimate of drug-likeness (QED) is 0.741. The molecule has 0 aromatic heterocycles. The fourth-order valence-electron chi connectivity index (χ4n) is 4.89. The second kappa shape index (κ2) is 7.32. The normalized spacial score (nSPS) is 30.3. The lowest BCUT2D eigenvalue weighted by Gasteiger charge is -2.55. The molecule has 2 atom stereocenters. The zero-order valence-corrected chi connectivity index (χ0v) is 14.8. The molecule has 24 heavy (non-hydrogen) atoms. The summed E-state index contributed by atoms with van der Waals surface area (Å²) in [5.74, 6) is 0.891. The Morgan fingerprint density at radius 2 is 2.04 bits per heavy atom. The molecule has 2 bridgehead atoms. The molecule has 1 saturated heterocycles. The molecule has 0 spiro atoms. The van der Waals surface area contributed by atoms with Crippen molar-refractivity contribution in [2.24, 2.45) is 11.8 Å². The summed E-state index contributed by atoms with van der Waals surface area (Å²) < 4.78 is 18.8. The third-order valence-electron chi connectivity index (χ3n) is 5.94. The fraction of sp³-hybridized carbons (Fsp3) is 0.650. The van der Waals surface area contributed by atoms with Gasteiger partial charge in [-0.2, -0.15) is 0 Å². The lowest BCUT2D eigenvalue weighted by molar-refractivity contribution is -0.169. The van der Waals surface area contributed by atoms with Crippen LogP contribution in [0.25, 0.3) is 0 Å². The van der Waals surface area contributed by atoms with Crippen LogP contribution < -0.4 is 0 Å². The summed E-state index contributed by atoms with van der Waals surface area (Å²) in [6.45, 7) is 4.10. The number of fused-ring (bicyclic) bond motifs is 2. The van der Waals surface area contributed by atoms with Crippen molar-refractivity contribution in [1.82, 2.24) is 4.90 Å². The number of hydrogen-bond donors (Lipinski definition) is 0. The molecular formula is C20H28FNO2. The number of carbonyl (C=O) groups is 1. The van der Waals surface area contributed by atoms with Gasteiger partial charge in [-0.3, -0.25) is 9.18 Å². The number of ketones is 1. The maximum atomic E-state index is 12.6. The number of benzene rings is 1. The van der Waals surface area contributed by atoms with Crippen LogP contribution in [0.5, 0.6) is 0 Å². The fourth-order valence-corrected chi connectivity index (χ4v) is 4.89. The van der Waals surface area contributed by atoms with Gasteiger partial charge in [-0.25, -0.2) is 0 Å². The summed E-state index contributed by atoms with van der Waals surface area (Å²) in [7, 11) is 1.81. The Hall–Kier alpha value is -1.26. The van der Waals surface area contributed by atoms with Gasteiger partial charge in [0.25, 0.3) is 0 Å². The maximum Gasteiger partial charge on any atom is 0.159 e. The Balaban J connectivity index is 1.94. The van der Waals surface area contributed by atoms with E-state index in [1.54, 1.807) is 6.92 Å². The Kier molecular flexibility index (Phi) is 5.36. The average Bonchev–Trinajstić information content (AvgIpc) is 2.59. The van der Waals surface area contributed by atoms with Crippen molar-refractivity contribution in [1.29, 1.82) is 0 Å². The molecule has 0 radical (unpaired) electrons. The van der Waals surface area contributed by atoms with Crippen LogP contribution in [-0.4, -0.2) is 44.1 Å². The molecule has 1 aliphatic heterocycles. The van der Waals surface area contributed by atoms with E-state index in [0.717, 1.165) is 43.6 Å². The largest absolute Gasteiger partial charge is 0.373 e. The molecule has 1 aliphatic carbocycles. The highest BCUT2D eigenvalue weighted by Gasteiger charge is 2.53. The number of methoxy groups -OCH3 is 1. The van der Waals surface area contributed by atoms with Gasteiger partial charge in [-0.1, -0.05) is 24.6 Å². The van der Waals surface area contributed by atoms with Crippen LogP contribution in [0.1, 0.15) is 48.5 Å². The molecule has 4 heteroatoms. The van der Waals surface area contributed by atoms with Crippen molar-refractivity contribution in [2.45, 2.75) is 38.2 Å². The summed E-state index contributed by atoms with van der Waals surface area (Å²) in [4.78, 5) is 14.2. The van der Waals surface area contributed by atoms with E-state index >= 15 is 0 Å². The molecule has 0 amide bonds. The van der Waals surface area contributed by atoms with Gasteiger partial charge >= 0.3 is 0 Å². The molecule has 1 aromatic rings. The van der Waals surface area contributed by atoms with E-state index in [1.807, 2.05) is 25.3 Å². The Morgan fingerprint density at radius 1 is 1.33 bits per heavy atom. The summed E-state index contributed by atoms with van der Waals surface area (Å²) in [6.07, 6.45) is 4.09.